The highest BCUT2D eigenvalue weighted by Crippen LogP contribution is 2.29. The van der Waals surface area contributed by atoms with E-state index >= 15 is 0 Å². The maximum Gasteiger partial charge on any atom is 0.416 e. The predicted molar refractivity (Wildman–Crippen MR) is 114 cm³/mol. The minimum Gasteiger partial charge on any atom is -0.494 e. The highest BCUT2D eigenvalue weighted by atomic mass is 19.4. The molecule has 6 nitrogen and oxygen atoms in total. The fraction of sp³-hybridized carbons (Fsp3) is 0.304. The third kappa shape index (κ3) is 9.69. The summed E-state index contributed by atoms with van der Waals surface area (Å²) in [5.41, 5.74) is -0.877. The lowest BCUT2D eigenvalue weighted by molar-refractivity contribution is -0.138. The molecule has 0 aromatic heterocycles. The highest BCUT2D eigenvalue weighted by Gasteiger charge is 2.30. The zero-order valence-electron chi connectivity index (χ0n) is 18.2. The number of carbonyl (C=O) groups is 2. The molecule has 0 aliphatic heterocycles. The van der Waals surface area contributed by atoms with Gasteiger partial charge in [0.1, 0.15) is 11.4 Å². The number of halogens is 6. The molecule has 0 heterocycles. The molecule has 3 N–H and O–H groups in total. The minimum atomic E-state index is -4.54. The highest BCUT2D eigenvalue weighted by molar-refractivity contribution is 6.05. The van der Waals surface area contributed by atoms with Gasteiger partial charge in [-0.15, -0.1) is 0 Å². The van der Waals surface area contributed by atoms with E-state index in [9.17, 15) is 35.9 Å². The summed E-state index contributed by atoms with van der Waals surface area (Å²) in [7, 11) is 0. The van der Waals surface area contributed by atoms with Crippen molar-refractivity contribution in [3.63, 3.8) is 0 Å². The Morgan fingerprint density at radius 3 is 2.11 bits per heavy atom. The van der Waals surface area contributed by atoms with Gasteiger partial charge in [0, 0.05) is 18.5 Å². The van der Waals surface area contributed by atoms with Gasteiger partial charge in [0.2, 0.25) is 0 Å². The van der Waals surface area contributed by atoms with Crippen LogP contribution in [0.5, 0.6) is 5.75 Å². The van der Waals surface area contributed by atoms with Crippen molar-refractivity contribution in [1.82, 2.24) is 10.6 Å². The number of nitrogens with one attached hydrogen (secondary N) is 2. The summed E-state index contributed by atoms with van der Waals surface area (Å²) in [6.45, 7) is -0.673. The minimum absolute atomic E-state index is 0.0842. The van der Waals surface area contributed by atoms with Gasteiger partial charge < -0.3 is 20.5 Å². The standard InChI is InChI=1S/C23H22F6N2O4/c24-22(25,26)10-1-13-35-18-8-4-16(5-9-18)20(33)31-19(21(34)30-11-12-32)14-15-2-6-17(7-3-15)23(27,28)29/h2-9,14,32H,1,10-13H2,(H,30,34)(H,31,33)/b19-14+. The number of amides is 2. The third-order valence-corrected chi connectivity index (χ3v) is 4.43. The first-order valence-corrected chi connectivity index (χ1v) is 10.3. The van der Waals surface area contributed by atoms with Gasteiger partial charge in [0.05, 0.1) is 18.8 Å². The van der Waals surface area contributed by atoms with E-state index in [0.29, 0.717) is 0 Å². The Labute approximate surface area is 196 Å². The molecule has 0 spiro atoms. The lowest BCUT2D eigenvalue weighted by Crippen LogP contribution is -2.36. The van der Waals surface area contributed by atoms with Crippen molar-refractivity contribution in [2.24, 2.45) is 0 Å². The van der Waals surface area contributed by atoms with Crippen LogP contribution in [0.3, 0.4) is 0 Å². The molecule has 0 atom stereocenters. The Hall–Kier alpha value is -3.54. The molecule has 12 heteroatoms. The molecule has 35 heavy (non-hydrogen) atoms. The van der Waals surface area contributed by atoms with Gasteiger partial charge in [-0.2, -0.15) is 26.3 Å². The second-order valence-corrected chi connectivity index (χ2v) is 7.20. The molecule has 0 aliphatic carbocycles. The maximum atomic E-state index is 12.8. The molecule has 0 fully saturated rings. The number of carbonyl (C=O) groups excluding carboxylic acids is 2. The number of rotatable bonds is 10. The Morgan fingerprint density at radius 1 is 0.943 bits per heavy atom. The third-order valence-electron chi connectivity index (χ3n) is 4.43. The van der Waals surface area contributed by atoms with Gasteiger partial charge in [0.25, 0.3) is 11.8 Å². The fourth-order valence-corrected chi connectivity index (χ4v) is 2.72. The Morgan fingerprint density at radius 2 is 1.57 bits per heavy atom. The number of hydrogen-bond donors (Lipinski definition) is 3. The van der Waals surface area contributed by atoms with E-state index in [-0.39, 0.29) is 48.8 Å². The summed E-state index contributed by atoms with van der Waals surface area (Å²) >= 11 is 0. The van der Waals surface area contributed by atoms with E-state index in [4.69, 9.17) is 9.84 Å². The van der Waals surface area contributed by atoms with Crippen LogP contribution in [0.4, 0.5) is 26.3 Å². The number of aliphatic hydroxyl groups is 1. The van der Waals surface area contributed by atoms with Crippen molar-refractivity contribution >= 4 is 17.9 Å². The number of ether oxygens (including phenoxy) is 1. The zero-order chi connectivity index (χ0) is 26.1. The van der Waals surface area contributed by atoms with Crippen LogP contribution in [0.15, 0.2) is 54.2 Å². The van der Waals surface area contributed by atoms with Gasteiger partial charge in [0.15, 0.2) is 0 Å². The van der Waals surface area contributed by atoms with Crippen molar-refractivity contribution in [1.29, 1.82) is 0 Å². The second kappa shape index (κ2) is 12.2. The molecule has 0 saturated heterocycles. The van der Waals surface area contributed by atoms with E-state index in [1.165, 1.54) is 30.3 Å². The first kappa shape index (κ1) is 27.7. The first-order valence-electron chi connectivity index (χ1n) is 10.3. The average Bonchev–Trinajstić information content (AvgIpc) is 2.79. The summed E-state index contributed by atoms with van der Waals surface area (Å²) in [6.07, 6.45) is -8.86. The van der Waals surface area contributed by atoms with Crippen molar-refractivity contribution in [3.05, 3.63) is 70.9 Å². The van der Waals surface area contributed by atoms with Crippen LogP contribution >= 0.6 is 0 Å². The SMILES string of the molecule is O=C(NCCO)/C(=C\c1ccc(C(F)(F)F)cc1)NC(=O)c1ccc(OCCCC(F)(F)F)cc1. The fourth-order valence-electron chi connectivity index (χ4n) is 2.72. The van der Waals surface area contributed by atoms with Gasteiger partial charge in [-0.1, -0.05) is 12.1 Å². The number of benzene rings is 2. The van der Waals surface area contributed by atoms with Crippen LogP contribution in [0.25, 0.3) is 6.08 Å². The van der Waals surface area contributed by atoms with Crippen LogP contribution < -0.4 is 15.4 Å². The summed E-state index contributed by atoms with van der Waals surface area (Å²) in [5.74, 6) is -1.27. The Balaban J connectivity index is 2.10. The lowest BCUT2D eigenvalue weighted by Gasteiger charge is -2.12. The van der Waals surface area contributed by atoms with E-state index in [2.05, 4.69) is 10.6 Å². The monoisotopic (exact) mass is 504 g/mol. The maximum absolute atomic E-state index is 12.8. The van der Waals surface area contributed by atoms with Crippen molar-refractivity contribution in [2.75, 3.05) is 19.8 Å². The van der Waals surface area contributed by atoms with E-state index in [1.54, 1.807) is 0 Å². The molecule has 2 aromatic rings. The van der Waals surface area contributed by atoms with E-state index < -0.39 is 36.2 Å². The molecular weight excluding hydrogens is 482 g/mol. The zero-order valence-corrected chi connectivity index (χ0v) is 18.2. The van der Waals surface area contributed by atoms with E-state index in [1.807, 2.05) is 0 Å². The molecule has 2 amide bonds. The predicted octanol–water partition coefficient (Wildman–Crippen LogP) is 4.31. The number of hydrogen-bond acceptors (Lipinski definition) is 4. The Bertz CT molecular complexity index is 1020. The van der Waals surface area contributed by atoms with Crippen molar-refractivity contribution in [2.45, 2.75) is 25.2 Å². The molecule has 0 unspecified atom stereocenters. The molecule has 190 valence electrons. The molecule has 0 saturated carbocycles. The molecule has 2 rings (SSSR count). The smallest absolute Gasteiger partial charge is 0.416 e. The Kier molecular flexibility index (Phi) is 9.69. The molecule has 0 bridgehead atoms. The largest absolute Gasteiger partial charge is 0.494 e. The lowest BCUT2D eigenvalue weighted by atomic mass is 10.1. The molecule has 0 radical (unpaired) electrons. The van der Waals surface area contributed by atoms with Gasteiger partial charge in [-0.05, 0) is 54.5 Å². The van der Waals surface area contributed by atoms with Crippen LogP contribution in [-0.4, -0.2) is 42.9 Å². The van der Waals surface area contributed by atoms with Gasteiger partial charge in [-0.3, -0.25) is 9.59 Å². The van der Waals surface area contributed by atoms with Crippen LogP contribution in [-0.2, 0) is 11.0 Å². The summed E-state index contributed by atoms with van der Waals surface area (Å²) < 4.78 is 80.0. The summed E-state index contributed by atoms with van der Waals surface area (Å²) in [4.78, 5) is 25.0. The van der Waals surface area contributed by atoms with E-state index in [0.717, 1.165) is 24.3 Å². The number of aliphatic hydroxyl groups excluding tert-OH is 1. The first-order chi connectivity index (χ1) is 16.4. The topological polar surface area (TPSA) is 87.7 Å². The summed E-state index contributed by atoms with van der Waals surface area (Å²) in [5, 5.41) is 13.6. The van der Waals surface area contributed by atoms with Gasteiger partial charge >= 0.3 is 12.4 Å². The van der Waals surface area contributed by atoms with Gasteiger partial charge in [-0.25, -0.2) is 0 Å². The number of alkyl halides is 6. The van der Waals surface area contributed by atoms with Crippen LogP contribution in [0.2, 0.25) is 0 Å². The quantitative estimate of drug-likeness (QED) is 0.256. The molecule has 0 aliphatic rings. The van der Waals surface area contributed by atoms with Crippen molar-refractivity contribution in [3.8, 4) is 5.75 Å². The average molecular weight is 504 g/mol. The van der Waals surface area contributed by atoms with Crippen LogP contribution in [0.1, 0.15) is 34.3 Å². The van der Waals surface area contributed by atoms with Crippen LogP contribution in [0, 0.1) is 0 Å². The van der Waals surface area contributed by atoms with Crippen molar-refractivity contribution < 1.29 is 45.8 Å². The summed E-state index contributed by atoms with van der Waals surface area (Å²) in [6, 6.07) is 9.29. The normalized spacial score (nSPS) is 12.3. The molecular formula is C23H22F6N2O4. The molecule has 2 aromatic carbocycles. The second-order valence-electron chi connectivity index (χ2n) is 7.20.